The molecule has 0 saturated carbocycles. The van der Waals surface area contributed by atoms with Crippen molar-refractivity contribution in [1.82, 2.24) is 0 Å². The lowest BCUT2D eigenvalue weighted by atomic mass is 10.2. The van der Waals surface area contributed by atoms with Crippen molar-refractivity contribution >= 4 is 17.7 Å². The lowest BCUT2D eigenvalue weighted by molar-refractivity contribution is -0.111. The summed E-state index contributed by atoms with van der Waals surface area (Å²) in [6, 6.07) is 10.4. The monoisotopic (exact) mass is 323 g/mol. The first-order chi connectivity index (χ1) is 11.6. The lowest BCUT2D eigenvalue weighted by Crippen LogP contribution is -2.27. The molecule has 1 amide bonds. The van der Waals surface area contributed by atoms with Gasteiger partial charge in [-0.05, 0) is 42.8 Å². The normalized spacial score (nSPS) is 15.5. The highest BCUT2D eigenvalue weighted by atomic mass is 16.5. The van der Waals surface area contributed by atoms with Gasteiger partial charge in [0.1, 0.15) is 11.5 Å². The van der Waals surface area contributed by atoms with E-state index in [0.29, 0.717) is 22.4 Å². The topological polar surface area (TPSA) is 83.3 Å². The summed E-state index contributed by atoms with van der Waals surface area (Å²) >= 11 is 0. The first-order valence-electron chi connectivity index (χ1n) is 7.47. The molecule has 0 saturated heterocycles. The smallest absolute Gasteiger partial charge is 0.248 e. The van der Waals surface area contributed by atoms with Crippen LogP contribution in [0.3, 0.4) is 0 Å². The van der Waals surface area contributed by atoms with E-state index in [0.717, 1.165) is 5.36 Å². The van der Waals surface area contributed by atoms with Crippen LogP contribution in [0.2, 0.25) is 0 Å². The minimum absolute atomic E-state index is 0.0235. The Morgan fingerprint density at radius 1 is 1.29 bits per heavy atom. The average Bonchev–Trinajstić information content (AvgIpc) is 2.94. The lowest BCUT2D eigenvalue weighted by Gasteiger charge is -2.04. The summed E-state index contributed by atoms with van der Waals surface area (Å²) in [7, 11) is 1.48. The van der Waals surface area contributed by atoms with Gasteiger partial charge in [-0.3, -0.25) is 14.8 Å². The molecule has 2 aromatic carbocycles. The third-order valence-electron chi connectivity index (χ3n) is 3.54. The average molecular weight is 323 g/mol. The third kappa shape index (κ3) is 3.27. The number of phenolic OH excluding ortho intramolecular Hbond substituents is 1. The number of carbonyl (C=O) groups excluding carboxylic acids is 1. The van der Waals surface area contributed by atoms with Gasteiger partial charge in [0.25, 0.3) is 0 Å². The fourth-order valence-corrected chi connectivity index (χ4v) is 2.45. The molecule has 0 bridgehead atoms. The second-order valence-electron chi connectivity index (χ2n) is 5.32. The standard InChI is InChI=1S/C18H17N3O3/c1-11-19-13-4-3-5-14(18(13)20-11)21-17(23)9-7-12-6-8-16(24-2)15(22)10-12/h3-11,22H,1-2H3,(H,21,23)/b9-7+. The third-order valence-corrected chi connectivity index (χ3v) is 3.54. The van der Waals surface area contributed by atoms with Crippen molar-refractivity contribution in [2.45, 2.75) is 13.1 Å². The number of rotatable bonds is 4. The van der Waals surface area contributed by atoms with Crippen molar-refractivity contribution in [3.05, 3.63) is 58.8 Å². The molecule has 1 heterocycles. The van der Waals surface area contributed by atoms with E-state index in [4.69, 9.17) is 4.74 Å². The van der Waals surface area contributed by atoms with E-state index < -0.39 is 0 Å². The SMILES string of the molecule is COc1ccc(/C=C/C(=O)Nc2cccc3c2=NC(C)N=3)cc1O. The number of hydrogen-bond donors (Lipinski definition) is 2. The van der Waals surface area contributed by atoms with Gasteiger partial charge in [0.2, 0.25) is 5.91 Å². The maximum absolute atomic E-state index is 12.1. The van der Waals surface area contributed by atoms with E-state index in [1.54, 1.807) is 24.3 Å². The molecule has 6 heteroatoms. The quantitative estimate of drug-likeness (QED) is 0.839. The van der Waals surface area contributed by atoms with Crippen LogP contribution >= 0.6 is 0 Å². The highest BCUT2D eigenvalue weighted by molar-refractivity contribution is 6.01. The number of aromatic hydroxyl groups is 1. The molecule has 1 aliphatic rings. The minimum Gasteiger partial charge on any atom is -0.504 e. The number of amides is 1. The number of hydrogen-bond acceptors (Lipinski definition) is 5. The Labute approximate surface area is 138 Å². The van der Waals surface area contributed by atoms with Crippen LogP contribution in [0.5, 0.6) is 11.5 Å². The van der Waals surface area contributed by atoms with Gasteiger partial charge in [-0.1, -0.05) is 12.1 Å². The summed E-state index contributed by atoms with van der Waals surface area (Å²) < 4.78 is 4.98. The van der Waals surface area contributed by atoms with Gasteiger partial charge < -0.3 is 15.2 Å². The molecule has 1 aliphatic heterocycles. The molecule has 1 atom stereocenters. The number of nitrogens with one attached hydrogen (secondary N) is 1. The molecule has 0 fully saturated rings. The van der Waals surface area contributed by atoms with Crippen molar-refractivity contribution in [1.29, 1.82) is 0 Å². The van der Waals surface area contributed by atoms with E-state index >= 15 is 0 Å². The molecule has 2 N–H and O–H groups in total. The molecule has 3 rings (SSSR count). The minimum atomic E-state index is -0.284. The second-order valence-corrected chi connectivity index (χ2v) is 5.32. The number of benzene rings is 2. The summed E-state index contributed by atoms with van der Waals surface area (Å²) in [5.74, 6) is 0.125. The van der Waals surface area contributed by atoms with Gasteiger partial charge in [-0.2, -0.15) is 0 Å². The van der Waals surface area contributed by atoms with Crippen LogP contribution in [-0.4, -0.2) is 24.3 Å². The molecule has 0 radical (unpaired) electrons. The Kier molecular flexibility index (Phi) is 4.29. The zero-order valence-electron chi connectivity index (χ0n) is 13.4. The number of anilines is 1. The van der Waals surface area contributed by atoms with Crippen molar-refractivity contribution in [3.8, 4) is 11.5 Å². The molecule has 24 heavy (non-hydrogen) atoms. The zero-order valence-corrected chi connectivity index (χ0v) is 13.4. The summed E-state index contributed by atoms with van der Waals surface area (Å²) in [6.07, 6.45) is 2.88. The van der Waals surface area contributed by atoms with Gasteiger partial charge >= 0.3 is 0 Å². The van der Waals surface area contributed by atoms with Crippen LogP contribution in [-0.2, 0) is 4.79 Å². The van der Waals surface area contributed by atoms with E-state index in [9.17, 15) is 9.90 Å². The first kappa shape index (κ1) is 15.7. The van der Waals surface area contributed by atoms with Crippen molar-refractivity contribution in [2.24, 2.45) is 9.98 Å². The van der Waals surface area contributed by atoms with Crippen LogP contribution in [0.1, 0.15) is 12.5 Å². The summed E-state index contributed by atoms with van der Waals surface area (Å²) in [6.45, 7) is 1.89. The summed E-state index contributed by atoms with van der Waals surface area (Å²) in [5.41, 5.74) is 1.32. The van der Waals surface area contributed by atoms with Crippen LogP contribution in [0.15, 0.2) is 52.5 Å². The molecule has 122 valence electrons. The van der Waals surface area contributed by atoms with Crippen LogP contribution < -0.4 is 20.8 Å². The van der Waals surface area contributed by atoms with E-state index in [2.05, 4.69) is 15.3 Å². The maximum Gasteiger partial charge on any atom is 0.248 e. The predicted molar refractivity (Wildman–Crippen MR) is 90.5 cm³/mol. The molecule has 0 aliphatic carbocycles. The Balaban J connectivity index is 1.76. The molecule has 0 spiro atoms. The van der Waals surface area contributed by atoms with Crippen LogP contribution in [0.25, 0.3) is 6.08 Å². The molecular weight excluding hydrogens is 306 g/mol. The molecular formula is C18H17N3O3. The summed E-state index contributed by atoms with van der Waals surface area (Å²) in [5, 5.41) is 14.0. The Morgan fingerprint density at radius 2 is 2.12 bits per heavy atom. The van der Waals surface area contributed by atoms with Crippen molar-refractivity contribution in [2.75, 3.05) is 12.4 Å². The number of phenols is 1. The first-order valence-corrected chi connectivity index (χ1v) is 7.47. The van der Waals surface area contributed by atoms with Crippen molar-refractivity contribution in [3.63, 3.8) is 0 Å². The predicted octanol–water partition coefficient (Wildman–Crippen LogP) is 1.65. The fraction of sp³-hybridized carbons (Fsp3) is 0.167. The van der Waals surface area contributed by atoms with E-state index in [1.165, 1.54) is 19.3 Å². The van der Waals surface area contributed by atoms with Crippen LogP contribution in [0.4, 0.5) is 5.69 Å². The van der Waals surface area contributed by atoms with Gasteiger partial charge in [-0.25, -0.2) is 0 Å². The van der Waals surface area contributed by atoms with Crippen LogP contribution in [0, 0.1) is 0 Å². The van der Waals surface area contributed by atoms with E-state index in [-0.39, 0.29) is 17.8 Å². The Bertz CT molecular complexity index is 935. The highest BCUT2D eigenvalue weighted by Crippen LogP contribution is 2.26. The maximum atomic E-state index is 12.1. The number of nitrogens with zero attached hydrogens (tertiary/aromatic N) is 2. The Morgan fingerprint density at radius 3 is 2.88 bits per heavy atom. The Hall–Kier alpha value is -3.15. The second kappa shape index (κ2) is 6.54. The highest BCUT2D eigenvalue weighted by Gasteiger charge is 2.09. The molecule has 1 unspecified atom stereocenters. The number of ether oxygens (including phenoxy) is 1. The molecule has 0 aromatic heterocycles. The molecule has 6 nitrogen and oxygen atoms in total. The number of fused-ring (bicyclic) bond motifs is 1. The van der Waals surface area contributed by atoms with Gasteiger partial charge in [-0.15, -0.1) is 0 Å². The number of para-hydroxylation sites is 1. The van der Waals surface area contributed by atoms with Crippen molar-refractivity contribution < 1.29 is 14.6 Å². The number of methoxy groups -OCH3 is 1. The number of carbonyl (C=O) groups is 1. The summed E-state index contributed by atoms with van der Waals surface area (Å²) in [4.78, 5) is 20.9. The molecule has 2 aromatic rings. The van der Waals surface area contributed by atoms with Gasteiger partial charge in [0.15, 0.2) is 11.5 Å². The van der Waals surface area contributed by atoms with Gasteiger partial charge in [0, 0.05) is 6.08 Å². The largest absolute Gasteiger partial charge is 0.504 e. The van der Waals surface area contributed by atoms with E-state index in [1.807, 2.05) is 19.1 Å². The fourth-order valence-electron chi connectivity index (χ4n) is 2.45. The zero-order chi connectivity index (χ0) is 17.1. The van der Waals surface area contributed by atoms with Gasteiger partial charge in [0.05, 0.1) is 18.2 Å².